The number of esters is 1. The fourth-order valence-electron chi connectivity index (χ4n) is 3.91. The van der Waals surface area contributed by atoms with Gasteiger partial charge >= 0.3 is 12.1 Å². The minimum atomic E-state index is -0.860. The Labute approximate surface area is 234 Å². The van der Waals surface area contributed by atoms with E-state index in [9.17, 15) is 14.4 Å². The highest BCUT2D eigenvalue weighted by Crippen LogP contribution is 2.22. The van der Waals surface area contributed by atoms with Gasteiger partial charge in [0.25, 0.3) is 0 Å². The first-order chi connectivity index (χ1) is 18.7. The molecule has 3 N–H and O–H groups in total. The second-order valence-electron chi connectivity index (χ2n) is 10.5. The van der Waals surface area contributed by atoms with E-state index in [1.54, 1.807) is 32.1 Å². The van der Waals surface area contributed by atoms with E-state index >= 15 is 0 Å². The lowest BCUT2D eigenvalue weighted by Crippen LogP contribution is -2.45. The molecule has 10 heteroatoms. The Hall–Kier alpha value is -3.40. The molecule has 3 rings (SSSR count). The number of nitrogens with one attached hydrogen (secondary N) is 3. The number of carbonyl (C=O) groups is 3. The number of amides is 2. The molecule has 1 aliphatic heterocycles. The molecule has 1 aliphatic rings. The summed E-state index contributed by atoms with van der Waals surface area (Å²) in [6, 6.07) is 12.5. The predicted octanol–water partition coefficient (Wildman–Crippen LogP) is 4.50. The third-order valence-corrected chi connectivity index (χ3v) is 6.97. The molecule has 2 amide bonds. The minimum Gasteiger partial charge on any atom is -0.458 e. The van der Waals surface area contributed by atoms with Crippen molar-refractivity contribution in [1.29, 1.82) is 0 Å². The molecular weight excluding hydrogens is 516 g/mol. The summed E-state index contributed by atoms with van der Waals surface area (Å²) < 4.78 is 10.9. The molecule has 0 spiro atoms. The molecule has 1 atom stereocenters. The van der Waals surface area contributed by atoms with Gasteiger partial charge in [-0.05, 0) is 64.2 Å². The molecule has 0 radical (unpaired) electrons. The van der Waals surface area contributed by atoms with E-state index in [0.717, 1.165) is 55.6 Å². The molecule has 39 heavy (non-hydrogen) atoms. The lowest BCUT2D eigenvalue weighted by atomic mass is 10.1. The highest BCUT2D eigenvalue weighted by Gasteiger charge is 2.28. The van der Waals surface area contributed by atoms with Gasteiger partial charge in [0.05, 0.1) is 0 Å². The van der Waals surface area contributed by atoms with Crippen LogP contribution in [0.25, 0.3) is 0 Å². The van der Waals surface area contributed by atoms with E-state index in [4.69, 9.17) is 9.47 Å². The van der Waals surface area contributed by atoms with Crippen LogP contribution in [0.2, 0.25) is 0 Å². The van der Waals surface area contributed by atoms with E-state index in [1.807, 2.05) is 36.4 Å². The second-order valence-corrected chi connectivity index (χ2v) is 11.7. The largest absolute Gasteiger partial charge is 0.458 e. The minimum absolute atomic E-state index is 0.00969. The van der Waals surface area contributed by atoms with Gasteiger partial charge in [-0.25, -0.2) is 9.59 Å². The van der Waals surface area contributed by atoms with Crippen LogP contribution in [-0.2, 0) is 38.5 Å². The van der Waals surface area contributed by atoms with Crippen molar-refractivity contribution in [1.82, 2.24) is 16.0 Å². The Kier molecular flexibility index (Phi) is 11.8. The monoisotopic (exact) mass is 556 g/mol. The van der Waals surface area contributed by atoms with Crippen LogP contribution in [0.4, 0.5) is 4.79 Å². The number of unbranched alkanes of at least 4 members (excludes halogenated alkanes) is 2. The van der Waals surface area contributed by atoms with Gasteiger partial charge in [0, 0.05) is 35.7 Å². The van der Waals surface area contributed by atoms with E-state index in [-0.39, 0.29) is 12.5 Å². The van der Waals surface area contributed by atoms with Crippen molar-refractivity contribution in [2.45, 2.75) is 84.0 Å². The van der Waals surface area contributed by atoms with Crippen LogP contribution < -0.4 is 16.0 Å². The van der Waals surface area contributed by atoms with Crippen molar-refractivity contribution in [3.05, 3.63) is 57.8 Å². The topological polar surface area (TPSA) is 118 Å². The van der Waals surface area contributed by atoms with Crippen molar-refractivity contribution < 1.29 is 23.9 Å². The summed E-state index contributed by atoms with van der Waals surface area (Å²) in [6.07, 6.45) is 4.72. The number of benzene rings is 1. The maximum absolute atomic E-state index is 12.9. The number of alkyl carbamates (subject to hydrolysis) is 1. The van der Waals surface area contributed by atoms with E-state index in [1.165, 1.54) is 4.88 Å². The summed E-state index contributed by atoms with van der Waals surface area (Å²) in [5.74, 6) is 0.0762. The summed E-state index contributed by atoms with van der Waals surface area (Å²) in [6.45, 7) is 7.09. The van der Waals surface area contributed by atoms with E-state index in [0.29, 0.717) is 18.8 Å². The van der Waals surface area contributed by atoms with Crippen molar-refractivity contribution in [2.75, 3.05) is 13.1 Å². The number of guanidine groups is 1. The van der Waals surface area contributed by atoms with Crippen LogP contribution in [0.5, 0.6) is 0 Å². The molecule has 1 aromatic heterocycles. The first-order valence-electron chi connectivity index (χ1n) is 13.5. The molecule has 0 fully saturated rings. The SMILES string of the molecule is CC(C)(C)OC(=O)[C@H](Cc1ccc(CCCCCC(=O)NC2=NCCCN2)s1)NC(=O)OCc1ccccc1. The first kappa shape index (κ1) is 30.1. The zero-order chi connectivity index (χ0) is 28.1. The molecule has 0 unspecified atom stereocenters. The maximum Gasteiger partial charge on any atom is 0.408 e. The van der Waals surface area contributed by atoms with Gasteiger partial charge in [0.1, 0.15) is 18.2 Å². The van der Waals surface area contributed by atoms with Gasteiger partial charge in [0.15, 0.2) is 5.96 Å². The van der Waals surface area contributed by atoms with Gasteiger partial charge in [-0.2, -0.15) is 0 Å². The number of thiophene rings is 1. The van der Waals surface area contributed by atoms with Crippen molar-refractivity contribution in [2.24, 2.45) is 4.99 Å². The van der Waals surface area contributed by atoms with Crippen molar-refractivity contribution >= 4 is 35.3 Å². The lowest BCUT2D eigenvalue weighted by Gasteiger charge is -2.24. The van der Waals surface area contributed by atoms with E-state index < -0.39 is 23.7 Å². The Morgan fingerprint density at radius 2 is 1.82 bits per heavy atom. The first-order valence-corrected chi connectivity index (χ1v) is 14.4. The number of rotatable bonds is 12. The van der Waals surface area contributed by atoms with Crippen molar-refractivity contribution in [3.63, 3.8) is 0 Å². The summed E-state index contributed by atoms with van der Waals surface area (Å²) in [5, 5.41) is 8.60. The van der Waals surface area contributed by atoms with Crippen LogP contribution in [0.15, 0.2) is 47.5 Å². The normalized spacial score (nSPS) is 14.0. The maximum atomic E-state index is 12.9. The van der Waals surface area contributed by atoms with Gasteiger partial charge in [-0.15, -0.1) is 11.3 Å². The van der Waals surface area contributed by atoms with Crippen LogP contribution >= 0.6 is 11.3 Å². The Morgan fingerprint density at radius 3 is 2.54 bits per heavy atom. The number of ether oxygens (including phenoxy) is 2. The molecular formula is C29H40N4O5S. The lowest BCUT2D eigenvalue weighted by molar-refractivity contribution is -0.157. The summed E-state index contributed by atoms with van der Waals surface area (Å²) in [5.41, 5.74) is 0.184. The number of carbonyl (C=O) groups excluding carboxylic acids is 3. The molecule has 0 aliphatic carbocycles. The Morgan fingerprint density at radius 1 is 1.05 bits per heavy atom. The second kappa shape index (κ2) is 15.3. The zero-order valence-electron chi connectivity index (χ0n) is 23.1. The average Bonchev–Trinajstić information content (AvgIpc) is 3.34. The smallest absolute Gasteiger partial charge is 0.408 e. The molecule has 0 saturated carbocycles. The Bertz CT molecular complexity index is 1110. The highest BCUT2D eigenvalue weighted by molar-refractivity contribution is 7.12. The van der Waals surface area contributed by atoms with Crippen LogP contribution in [0.1, 0.15) is 68.2 Å². The zero-order valence-corrected chi connectivity index (χ0v) is 23.9. The number of hydrogen-bond donors (Lipinski definition) is 3. The summed E-state index contributed by atoms with van der Waals surface area (Å²) in [7, 11) is 0. The Balaban J connectivity index is 1.44. The highest BCUT2D eigenvalue weighted by atomic mass is 32.1. The fraction of sp³-hybridized carbons (Fsp3) is 0.517. The number of aliphatic imine (C=N–C) groups is 1. The molecule has 2 aromatic rings. The van der Waals surface area contributed by atoms with Gasteiger partial charge < -0.3 is 20.1 Å². The average molecular weight is 557 g/mol. The van der Waals surface area contributed by atoms with Crippen molar-refractivity contribution in [3.8, 4) is 0 Å². The molecule has 9 nitrogen and oxygen atoms in total. The molecule has 0 bridgehead atoms. The van der Waals surface area contributed by atoms with Crippen LogP contribution in [0.3, 0.4) is 0 Å². The van der Waals surface area contributed by atoms with Crippen LogP contribution in [0, 0.1) is 0 Å². The number of hydrogen-bond acceptors (Lipinski definition) is 8. The van der Waals surface area contributed by atoms with Gasteiger partial charge in [-0.1, -0.05) is 36.8 Å². The van der Waals surface area contributed by atoms with E-state index in [2.05, 4.69) is 27.0 Å². The number of aryl methyl sites for hydroxylation is 1. The quantitative estimate of drug-likeness (QED) is 0.262. The molecule has 0 saturated heterocycles. The third-order valence-electron chi connectivity index (χ3n) is 5.80. The molecule has 1 aromatic carbocycles. The number of nitrogens with zero attached hydrogens (tertiary/aromatic N) is 1. The summed E-state index contributed by atoms with van der Waals surface area (Å²) in [4.78, 5) is 43.9. The van der Waals surface area contributed by atoms with Gasteiger partial charge in [0.2, 0.25) is 5.91 Å². The predicted molar refractivity (Wildman–Crippen MR) is 153 cm³/mol. The third kappa shape index (κ3) is 11.9. The van der Waals surface area contributed by atoms with Gasteiger partial charge in [-0.3, -0.25) is 15.1 Å². The summed E-state index contributed by atoms with van der Waals surface area (Å²) >= 11 is 1.62. The van der Waals surface area contributed by atoms with Crippen LogP contribution in [-0.4, -0.2) is 48.7 Å². The molecule has 212 valence electrons. The fourth-order valence-corrected chi connectivity index (χ4v) is 5.02. The standard InChI is InChI=1S/C29H40N4O5S/c1-29(2,3)38-26(35)24(32-28(36)37-20-21-11-6-4-7-12-21)19-23-16-15-22(39-23)13-8-5-9-14-25(34)33-27-30-17-10-18-31-27/h4,6-7,11-12,15-16,24H,5,8-10,13-14,17-20H2,1-3H3,(H,32,36)(H2,30,31,33,34)/t24-/m0/s1. The molecule has 2 heterocycles.